The Morgan fingerprint density at radius 1 is 1.67 bits per heavy atom. The van der Waals surface area contributed by atoms with Crippen LogP contribution in [0.25, 0.3) is 16.5 Å². The fourth-order valence-electron chi connectivity index (χ4n) is 1.11. The van der Waals surface area contributed by atoms with E-state index in [4.69, 9.17) is 5.53 Å². The molecule has 0 aromatic carbocycles. The fourth-order valence-corrected chi connectivity index (χ4v) is 1.11. The highest BCUT2D eigenvalue weighted by molar-refractivity contribution is 5.48. The van der Waals surface area contributed by atoms with E-state index in [0.717, 1.165) is 5.56 Å². The quantitative estimate of drug-likeness (QED) is 0.347. The number of H-pyrrole nitrogens is 1. The molecule has 0 unspecified atom stereocenters. The van der Waals surface area contributed by atoms with Crippen molar-refractivity contribution in [3.63, 3.8) is 0 Å². The molecule has 1 N–H and O–H groups in total. The molecule has 1 aromatic rings. The molecule has 0 aliphatic heterocycles. The van der Waals surface area contributed by atoms with Crippen LogP contribution in [0.15, 0.2) is 28.2 Å². The molecule has 1 heterocycles. The van der Waals surface area contributed by atoms with E-state index in [1.807, 2.05) is 18.2 Å². The molecule has 0 radical (unpaired) electrons. The minimum atomic E-state index is -0.0683. The minimum Gasteiger partial charge on any atom is -0.328 e. The average molecular weight is 204 g/mol. The van der Waals surface area contributed by atoms with Gasteiger partial charge in [-0.3, -0.25) is 4.79 Å². The van der Waals surface area contributed by atoms with Crippen LogP contribution < -0.4 is 5.56 Å². The fraction of sp³-hybridized carbons (Fsp3) is 0.300. The lowest BCUT2D eigenvalue weighted by Crippen LogP contribution is -2.07. The summed E-state index contributed by atoms with van der Waals surface area (Å²) in [5.41, 5.74) is 9.60. The molecule has 0 aliphatic carbocycles. The number of nitrogens with zero attached hydrogens (tertiary/aromatic N) is 3. The molecule has 15 heavy (non-hydrogen) atoms. The molecule has 0 saturated heterocycles. The molecular formula is C10H12N4O. The van der Waals surface area contributed by atoms with Gasteiger partial charge in [0.05, 0.1) is 0 Å². The van der Waals surface area contributed by atoms with Crippen LogP contribution >= 0.6 is 0 Å². The van der Waals surface area contributed by atoms with Crippen molar-refractivity contribution in [1.82, 2.24) is 4.98 Å². The van der Waals surface area contributed by atoms with Crippen molar-refractivity contribution < 1.29 is 0 Å². The Bertz CT molecular complexity index is 455. The molecule has 0 fully saturated rings. The summed E-state index contributed by atoms with van der Waals surface area (Å²) in [7, 11) is 0. The van der Waals surface area contributed by atoms with Gasteiger partial charge in [-0.1, -0.05) is 17.3 Å². The van der Waals surface area contributed by atoms with Gasteiger partial charge in [0, 0.05) is 23.2 Å². The van der Waals surface area contributed by atoms with Crippen molar-refractivity contribution in [1.29, 1.82) is 0 Å². The number of aryl methyl sites for hydroxylation is 1. The molecule has 5 nitrogen and oxygen atoms in total. The Morgan fingerprint density at radius 3 is 3.13 bits per heavy atom. The summed E-state index contributed by atoms with van der Waals surface area (Å²) in [5, 5.41) is 3.41. The van der Waals surface area contributed by atoms with Crippen LogP contribution in [0.1, 0.15) is 17.5 Å². The molecule has 0 amide bonds. The van der Waals surface area contributed by atoms with E-state index in [2.05, 4.69) is 15.0 Å². The zero-order chi connectivity index (χ0) is 11.1. The molecule has 0 atom stereocenters. The lowest BCUT2D eigenvalue weighted by molar-refractivity contribution is 0.995. The molecule has 5 heteroatoms. The first kappa shape index (κ1) is 11.1. The lowest BCUT2D eigenvalue weighted by atomic mass is 10.2. The van der Waals surface area contributed by atoms with Crippen LogP contribution in [0.2, 0.25) is 0 Å². The zero-order valence-corrected chi connectivity index (χ0v) is 8.47. The summed E-state index contributed by atoms with van der Waals surface area (Å²) in [6.07, 6.45) is 6.14. The van der Waals surface area contributed by atoms with Gasteiger partial charge in [-0.2, -0.15) is 0 Å². The van der Waals surface area contributed by atoms with E-state index in [1.54, 1.807) is 13.1 Å². The number of rotatable bonds is 4. The maximum atomic E-state index is 11.1. The van der Waals surface area contributed by atoms with Crippen LogP contribution in [0.3, 0.4) is 0 Å². The summed E-state index contributed by atoms with van der Waals surface area (Å²) in [5.74, 6) is 0. The summed E-state index contributed by atoms with van der Waals surface area (Å²) < 4.78 is 0. The molecule has 0 aliphatic rings. The topological polar surface area (TPSA) is 81.6 Å². The Labute approximate surface area is 87.1 Å². The number of pyridine rings is 1. The normalized spacial score (nSPS) is 10.2. The van der Waals surface area contributed by atoms with E-state index < -0.39 is 0 Å². The van der Waals surface area contributed by atoms with Crippen molar-refractivity contribution >= 4 is 6.08 Å². The third kappa shape index (κ3) is 3.70. The second-order valence-electron chi connectivity index (χ2n) is 3.09. The first-order chi connectivity index (χ1) is 7.24. The van der Waals surface area contributed by atoms with Gasteiger partial charge in [-0.05, 0) is 30.5 Å². The van der Waals surface area contributed by atoms with Gasteiger partial charge in [0.2, 0.25) is 0 Å². The number of azide groups is 1. The molecular weight excluding hydrogens is 192 g/mol. The van der Waals surface area contributed by atoms with Crippen molar-refractivity contribution in [2.24, 2.45) is 5.11 Å². The van der Waals surface area contributed by atoms with E-state index in [0.29, 0.717) is 18.5 Å². The molecule has 0 saturated carbocycles. The van der Waals surface area contributed by atoms with E-state index in [1.165, 1.54) is 0 Å². The molecule has 0 bridgehead atoms. The highest BCUT2D eigenvalue weighted by Crippen LogP contribution is 2.01. The number of nitrogens with one attached hydrogen (secondary N) is 1. The van der Waals surface area contributed by atoms with Crippen molar-refractivity contribution in [3.8, 4) is 0 Å². The van der Waals surface area contributed by atoms with Crippen LogP contribution in [-0.4, -0.2) is 11.5 Å². The molecule has 0 spiro atoms. The van der Waals surface area contributed by atoms with Crippen LogP contribution in [0, 0.1) is 6.92 Å². The molecule has 1 rings (SSSR count). The maximum absolute atomic E-state index is 11.1. The van der Waals surface area contributed by atoms with Gasteiger partial charge in [-0.25, -0.2) is 0 Å². The smallest absolute Gasteiger partial charge is 0.250 e. The van der Waals surface area contributed by atoms with Crippen LogP contribution in [-0.2, 0) is 0 Å². The number of aromatic amines is 1. The third-order valence-corrected chi connectivity index (χ3v) is 1.88. The second kappa shape index (κ2) is 5.67. The van der Waals surface area contributed by atoms with Crippen LogP contribution in [0.5, 0.6) is 0 Å². The minimum absolute atomic E-state index is 0.0683. The largest absolute Gasteiger partial charge is 0.328 e. The first-order valence-electron chi connectivity index (χ1n) is 4.61. The van der Waals surface area contributed by atoms with Gasteiger partial charge < -0.3 is 4.98 Å². The van der Waals surface area contributed by atoms with Gasteiger partial charge in [0.15, 0.2) is 0 Å². The average Bonchev–Trinajstić information content (AvgIpc) is 2.23. The van der Waals surface area contributed by atoms with Gasteiger partial charge in [0.1, 0.15) is 0 Å². The van der Waals surface area contributed by atoms with E-state index in [9.17, 15) is 4.79 Å². The highest BCUT2D eigenvalue weighted by atomic mass is 16.1. The number of hydrogen-bond acceptors (Lipinski definition) is 2. The zero-order valence-electron chi connectivity index (χ0n) is 8.47. The Kier molecular flexibility index (Phi) is 4.19. The second-order valence-corrected chi connectivity index (χ2v) is 3.09. The number of hydrogen-bond donors (Lipinski definition) is 1. The highest BCUT2D eigenvalue weighted by Gasteiger charge is 1.92. The SMILES string of the molecule is Cc1cc(C=CCCN=[N+]=[N-])c[nH]c1=O. The van der Waals surface area contributed by atoms with Crippen molar-refractivity contribution in [2.45, 2.75) is 13.3 Å². The summed E-state index contributed by atoms with van der Waals surface area (Å²) in [4.78, 5) is 16.3. The summed E-state index contributed by atoms with van der Waals surface area (Å²) >= 11 is 0. The predicted molar refractivity (Wildman–Crippen MR) is 59.5 cm³/mol. The Hall–Kier alpha value is -2.00. The molecule has 1 aromatic heterocycles. The van der Waals surface area contributed by atoms with Crippen molar-refractivity contribution in [3.05, 3.63) is 50.3 Å². The summed E-state index contributed by atoms with van der Waals surface area (Å²) in [6.45, 7) is 2.21. The van der Waals surface area contributed by atoms with Gasteiger partial charge >= 0.3 is 0 Å². The van der Waals surface area contributed by atoms with E-state index in [-0.39, 0.29) is 5.56 Å². The van der Waals surface area contributed by atoms with E-state index >= 15 is 0 Å². The first-order valence-corrected chi connectivity index (χ1v) is 4.61. The lowest BCUT2D eigenvalue weighted by Gasteiger charge is -1.94. The summed E-state index contributed by atoms with van der Waals surface area (Å²) in [6, 6.07) is 1.81. The molecule has 78 valence electrons. The Balaban J connectivity index is 2.60. The predicted octanol–water partition coefficient (Wildman–Crippen LogP) is 2.40. The Morgan fingerprint density at radius 2 is 2.47 bits per heavy atom. The van der Waals surface area contributed by atoms with Gasteiger partial charge in [-0.15, -0.1) is 0 Å². The monoisotopic (exact) mass is 204 g/mol. The standard InChI is InChI=1S/C10H12N4O/c1-8-6-9(7-12-10(8)15)4-2-3-5-13-14-11/h2,4,6-7H,3,5H2,1H3,(H,12,15). The maximum Gasteiger partial charge on any atom is 0.250 e. The van der Waals surface area contributed by atoms with Gasteiger partial charge in [0.25, 0.3) is 5.56 Å². The number of aromatic nitrogens is 1. The van der Waals surface area contributed by atoms with Crippen molar-refractivity contribution in [2.75, 3.05) is 6.54 Å². The third-order valence-electron chi connectivity index (χ3n) is 1.88. The van der Waals surface area contributed by atoms with Crippen LogP contribution in [0.4, 0.5) is 0 Å².